The predicted octanol–water partition coefficient (Wildman–Crippen LogP) is 2.74. The molecule has 1 unspecified atom stereocenters. The molecule has 0 spiro atoms. The fourth-order valence-electron chi connectivity index (χ4n) is 2.39. The minimum atomic E-state index is 0.797. The quantitative estimate of drug-likeness (QED) is 0.672. The smallest absolute Gasteiger partial charge is 0.00191 e. The largest absolute Gasteiger partial charge is 0.316 e. The van der Waals surface area contributed by atoms with Crippen LogP contribution in [0, 0.1) is 11.8 Å². The number of nitrogens with one attached hydrogen (secondary N) is 1. The molecule has 1 fully saturated rings. The van der Waals surface area contributed by atoms with Crippen molar-refractivity contribution >= 4 is 0 Å². The first-order valence-electron chi connectivity index (χ1n) is 7.11. The molecule has 0 aromatic rings. The van der Waals surface area contributed by atoms with Gasteiger partial charge < -0.3 is 10.2 Å². The van der Waals surface area contributed by atoms with Gasteiger partial charge in [-0.05, 0) is 57.3 Å². The summed E-state index contributed by atoms with van der Waals surface area (Å²) in [5.74, 6) is 1.62. The molecule has 1 rings (SSSR count). The lowest BCUT2D eigenvalue weighted by Crippen LogP contribution is -2.36. The number of piperidine rings is 1. The summed E-state index contributed by atoms with van der Waals surface area (Å²) in [5.41, 5.74) is 0. The second-order valence-electron chi connectivity index (χ2n) is 5.85. The Hall–Kier alpha value is -0.0800. The SMILES string of the molecule is CC(C)CCNCC(C)CN1CCCCC1. The van der Waals surface area contributed by atoms with E-state index < -0.39 is 0 Å². The summed E-state index contributed by atoms with van der Waals surface area (Å²) in [6.07, 6.45) is 5.56. The van der Waals surface area contributed by atoms with Gasteiger partial charge in [0, 0.05) is 6.54 Å². The molecular formula is C14H30N2. The van der Waals surface area contributed by atoms with Crippen LogP contribution in [0.1, 0.15) is 46.5 Å². The van der Waals surface area contributed by atoms with Crippen molar-refractivity contribution in [2.24, 2.45) is 11.8 Å². The third-order valence-corrected chi connectivity index (χ3v) is 3.41. The fraction of sp³-hybridized carbons (Fsp3) is 1.00. The van der Waals surface area contributed by atoms with Crippen molar-refractivity contribution in [2.45, 2.75) is 46.5 Å². The maximum absolute atomic E-state index is 3.58. The van der Waals surface area contributed by atoms with Crippen LogP contribution in [0.2, 0.25) is 0 Å². The molecule has 0 radical (unpaired) electrons. The highest BCUT2D eigenvalue weighted by Gasteiger charge is 2.12. The van der Waals surface area contributed by atoms with E-state index in [0.717, 1.165) is 11.8 Å². The molecule has 0 bridgehead atoms. The molecule has 0 saturated carbocycles. The molecule has 96 valence electrons. The van der Waals surface area contributed by atoms with E-state index >= 15 is 0 Å². The average molecular weight is 226 g/mol. The molecule has 1 heterocycles. The van der Waals surface area contributed by atoms with Crippen LogP contribution in [-0.4, -0.2) is 37.6 Å². The lowest BCUT2D eigenvalue weighted by atomic mass is 10.1. The molecule has 0 aromatic heterocycles. The Morgan fingerprint density at radius 1 is 1.06 bits per heavy atom. The highest BCUT2D eigenvalue weighted by Crippen LogP contribution is 2.10. The standard InChI is InChI=1S/C14H30N2/c1-13(2)7-8-15-11-14(3)12-16-9-5-4-6-10-16/h13-15H,4-12H2,1-3H3. The zero-order valence-corrected chi connectivity index (χ0v) is 11.5. The van der Waals surface area contributed by atoms with E-state index in [9.17, 15) is 0 Å². The van der Waals surface area contributed by atoms with Gasteiger partial charge in [-0.1, -0.05) is 27.2 Å². The number of rotatable bonds is 7. The third-order valence-electron chi connectivity index (χ3n) is 3.41. The van der Waals surface area contributed by atoms with E-state index in [1.165, 1.54) is 58.4 Å². The van der Waals surface area contributed by atoms with Gasteiger partial charge in [-0.15, -0.1) is 0 Å². The average Bonchev–Trinajstić information content (AvgIpc) is 2.25. The minimum absolute atomic E-state index is 0.797. The zero-order valence-electron chi connectivity index (χ0n) is 11.5. The van der Waals surface area contributed by atoms with Gasteiger partial charge in [-0.3, -0.25) is 0 Å². The Morgan fingerprint density at radius 3 is 2.38 bits per heavy atom. The normalized spacial score (nSPS) is 20.2. The molecule has 1 N–H and O–H groups in total. The van der Waals surface area contributed by atoms with Crippen LogP contribution < -0.4 is 5.32 Å². The van der Waals surface area contributed by atoms with Crippen LogP contribution in [0.3, 0.4) is 0 Å². The molecule has 1 aliphatic heterocycles. The lowest BCUT2D eigenvalue weighted by Gasteiger charge is -2.29. The maximum atomic E-state index is 3.58. The molecule has 2 nitrogen and oxygen atoms in total. The Kier molecular flexibility index (Phi) is 7.06. The number of hydrogen-bond donors (Lipinski definition) is 1. The van der Waals surface area contributed by atoms with Crippen molar-refractivity contribution in [3.63, 3.8) is 0 Å². The predicted molar refractivity (Wildman–Crippen MR) is 71.8 cm³/mol. The van der Waals surface area contributed by atoms with Crippen molar-refractivity contribution in [1.82, 2.24) is 10.2 Å². The van der Waals surface area contributed by atoms with Gasteiger partial charge in [0.15, 0.2) is 0 Å². The molecule has 0 aromatic carbocycles. The van der Waals surface area contributed by atoms with Gasteiger partial charge >= 0.3 is 0 Å². The molecule has 0 aliphatic carbocycles. The molecule has 1 aliphatic rings. The minimum Gasteiger partial charge on any atom is -0.316 e. The summed E-state index contributed by atoms with van der Waals surface area (Å²) < 4.78 is 0. The van der Waals surface area contributed by atoms with Gasteiger partial charge in [0.2, 0.25) is 0 Å². The van der Waals surface area contributed by atoms with Crippen molar-refractivity contribution in [3.8, 4) is 0 Å². The fourth-order valence-corrected chi connectivity index (χ4v) is 2.39. The maximum Gasteiger partial charge on any atom is 0.00191 e. The summed E-state index contributed by atoms with van der Waals surface area (Å²) in [6.45, 7) is 13.3. The van der Waals surface area contributed by atoms with Gasteiger partial charge in [0.05, 0.1) is 0 Å². The number of hydrogen-bond acceptors (Lipinski definition) is 2. The van der Waals surface area contributed by atoms with E-state index in [1.54, 1.807) is 0 Å². The second-order valence-corrected chi connectivity index (χ2v) is 5.85. The van der Waals surface area contributed by atoms with Crippen molar-refractivity contribution in [3.05, 3.63) is 0 Å². The summed E-state index contributed by atoms with van der Waals surface area (Å²) in [6, 6.07) is 0. The highest BCUT2D eigenvalue weighted by molar-refractivity contribution is 4.68. The summed E-state index contributed by atoms with van der Waals surface area (Å²) >= 11 is 0. The zero-order chi connectivity index (χ0) is 11.8. The van der Waals surface area contributed by atoms with Crippen LogP contribution >= 0.6 is 0 Å². The summed E-state index contributed by atoms with van der Waals surface area (Å²) in [5, 5.41) is 3.58. The molecule has 2 heteroatoms. The van der Waals surface area contributed by atoms with Crippen molar-refractivity contribution < 1.29 is 0 Å². The summed E-state index contributed by atoms with van der Waals surface area (Å²) in [4.78, 5) is 2.64. The van der Waals surface area contributed by atoms with Crippen molar-refractivity contribution in [1.29, 1.82) is 0 Å². The van der Waals surface area contributed by atoms with Gasteiger partial charge in [-0.25, -0.2) is 0 Å². The first kappa shape index (κ1) is 14.0. The van der Waals surface area contributed by atoms with Gasteiger partial charge in [0.1, 0.15) is 0 Å². The van der Waals surface area contributed by atoms with Gasteiger partial charge in [0.25, 0.3) is 0 Å². The molecular weight excluding hydrogens is 196 g/mol. The Labute approximate surface area is 102 Å². The lowest BCUT2D eigenvalue weighted by molar-refractivity contribution is 0.199. The number of likely N-dealkylation sites (tertiary alicyclic amines) is 1. The Morgan fingerprint density at radius 2 is 1.75 bits per heavy atom. The van der Waals surface area contributed by atoms with Crippen LogP contribution in [0.15, 0.2) is 0 Å². The van der Waals surface area contributed by atoms with E-state index in [0.29, 0.717) is 0 Å². The van der Waals surface area contributed by atoms with E-state index in [2.05, 4.69) is 31.0 Å². The van der Waals surface area contributed by atoms with E-state index in [-0.39, 0.29) is 0 Å². The second kappa shape index (κ2) is 8.08. The number of nitrogens with zero attached hydrogens (tertiary/aromatic N) is 1. The Balaban J connectivity index is 1.99. The molecule has 1 atom stereocenters. The van der Waals surface area contributed by atoms with Crippen LogP contribution in [0.25, 0.3) is 0 Å². The van der Waals surface area contributed by atoms with E-state index in [4.69, 9.17) is 0 Å². The van der Waals surface area contributed by atoms with Crippen LogP contribution in [0.4, 0.5) is 0 Å². The van der Waals surface area contributed by atoms with Crippen molar-refractivity contribution in [2.75, 3.05) is 32.7 Å². The van der Waals surface area contributed by atoms with E-state index in [1.807, 2.05) is 0 Å². The van der Waals surface area contributed by atoms with Crippen LogP contribution in [-0.2, 0) is 0 Å². The molecule has 1 saturated heterocycles. The Bertz CT molecular complexity index is 162. The third kappa shape index (κ3) is 6.49. The first-order chi connectivity index (χ1) is 7.68. The molecule has 16 heavy (non-hydrogen) atoms. The van der Waals surface area contributed by atoms with Gasteiger partial charge in [-0.2, -0.15) is 0 Å². The van der Waals surface area contributed by atoms with Crippen LogP contribution in [0.5, 0.6) is 0 Å². The summed E-state index contributed by atoms with van der Waals surface area (Å²) in [7, 11) is 0. The highest BCUT2D eigenvalue weighted by atomic mass is 15.1. The monoisotopic (exact) mass is 226 g/mol. The topological polar surface area (TPSA) is 15.3 Å². The molecule has 0 amide bonds. The first-order valence-corrected chi connectivity index (χ1v) is 7.11.